The minimum absolute atomic E-state index is 0.0846. The summed E-state index contributed by atoms with van der Waals surface area (Å²) in [5, 5.41) is 18.0. The maximum absolute atomic E-state index is 13.2. The highest BCUT2D eigenvalue weighted by molar-refractivity contribution is 6.58. The molecule has 1 aliphatic heterocycles. The van der Waals surface area contributed by atoms with Gasteiger partial charge < -0.3 is 19.5 Å². The van der Waals surface area contributed by atoms with Crippen molar-refractivity contribution in [2.24, 2.45) is 0 Å². The lowest BCUT2D eigenvalue weighted by molar-refractivity contribution is 0.0322. The number of nitrogens with zero attached hydrogens (tertiary/aromatic N) is 1. The van der Waals surface area contributed by atoms with Crippen molar-refractivity contribution in [3.05, 3.63) is 24.0 Å². The van der Waals surface area contributed by atoms with Gasteiger partial charge in [0.2, 0.25) is 0 Å². The van der Waals surface area contributed by atoms with Crippen LogP contribution in [-0.4, -0.2) is 61.5 Å². The summed E-state index contributed by atoms with van der Waals surface area (Å²) in [6.07, 6.45) is 0. The van der Waals surface area contributed by atoms with E-state index in [2.05, 4.69) is 4.90 Å². The van der Waals surface area contributed by atoms with Gasteiger partial charge in [0, 0.05) is 25.7 Å². The molecule has 7 heteroatoms. The molecule has 0 amide bonds. The Kier molecular flexibility index (Phi) is 5.15. The Bertz CT molecular complexity index is 413. The number of halogens is 1. The lowest BCUT2D eigenvalue weighted by atomic mass is 9.80. The average molecular weight is 269 g/mol. The van der Waals surface area contributed by atoms with Crippen molar-refractivity contribution in [1.82, 2.24) is 4.90 Å². The van der Waals surface area contributed by atoms with E-state index >= 15 is 0 Å². The largest absolute Gasteiger partial charge is 0.492 e. The highest BCUT2D eigenvalue weighted by atomic mass is 19.1. The first-order valence-electron chi connectivity index (χ1n) is 6.24. The molecule has 5 nitrogen and oxygen atoms in total. The van der Waals surface area contributed by atoms with Crippen molar-refractivity contribution in [2.45, 2.75) is 0 Å². The van der Waals surface area contributed by atoms with Gasteiger partial charge in [-0.1, -0.05) is 0 Å². The summed E-state index contributed by atoms with van der Waals surface area (Å²) in [5.74, 6) is -0.247. The van der Waals surface area contributed by atoms with Crippen LogP contribution in [-0.2, 0) is 4.74 Å². The van der Waals surface area contributed by atoms with Crippen molar-refractivity contribution in [3.8, 4) is 5.75 Å². The topological polar surface area (TPSA) is 62.2 Å². The Morgan fingerprint density at radius 3 is 2.68 bits per heavy atom. The normalized spacial score (nSPS) is 16.4. The SMILES string of the molecule is OB(O)c1cc(F)cc(OCCN2CCOCC2)c1. The van der Waals surface area contributed by atoms with E-state index in [4.69, 9.17) is 19.5 Å². The molecule has 1 saturated heterocycles. The Balaban J connectivity index is 1.84. The Labute approximate surface area is 111 Å². The molecule has 19 heavy (non-hydrogen) atoms. The number of morpholine rings is 1. The smallest absolute Gasteiger partial charge is 0.488 e. The molecule has 0 unspecified atom stereocenters. The van der Waals surface area contributed by atoms with E-state index in [0.29, 0.717) is 12.4 Å². The fraction of sp³-hybridized carbons (Fsp3) is 0.500. The van der Waals surface area contributed by atoms with Gasteiger partial charge in [0.1, 0.15) is 18.2 Å². The molecule has 0 atom stereocenters. The molecular weight excluding hydrogens is 252 g/mol. The second-order valence-electron chi connectivity index (χ2n) is 4.40. The predicted molar refractivity (Wildman–Crippen MR) is 69.0 cm³/mol. The van der Waals surface area contributed by atoms with Crippen LogP contribution in [0.1, 0.15) is 0 Å². The van der Waals surface area contributed by atoms with Crippen molar-refractivity contribution in [1.29, 1.82) is 0 Å². The molecular formula is C12H17BFNO4. The van der Waals surface area contributed by atoms with Gasteiger partial charge >= 0.3 is 7.12 Å². The fourth-order valence-corrected chi connectivity index (χ4v) is 1.93. The van der Waals surface area contributed by atoms with Crippen LogP contribution >= 0.6 is 0 Å². The first-order chi connectivity index (χ1) is 9.15. The zero-order valence-corrected chi connectivity index (χ0v) is 10.6. The molecule has 0 aromatic heterocycles. The van der Waals surface area contributed by atoms with Crippen LogP contribution in [0.4, 0.5) is 4.39 Å². The van der Waals surface area contributed by atoms with Gasteiger partial charge in [0.05, 0.1) is 13.2 Å². The van der Waals surface area contributed by atoms with Crippen molar-refractivity contribution in [2.75, 3.05) is 39.5 Å². The summed E-state index contributed by atoms with van der Waals surface area (Å²) in [6.45, 7) is 4.34. The number of hydrogen-bond acceptors (Lipinski definition) is 5. The van der Waals surface area contributed by atoms with Crippen LogP contribution in [0.15, 0.2) is 18.2 Å². The molecule has 2 rings (SSSR count). The van der Waals surface area contributed by atoms with Crippen LogP contribution in [0.5, 0.6) is 5.75 Å². The van der Waals surface area contributed by atoms with Crippen molar-refractivity contribution in [3.63, 3.8) is 0 Å². The standard InChI is InChI=1S/C12H17BFNO4/c14-11-7-10(13(16)17)8-12(9-11)19-6-3-15-1-4-18-5-2-15/h7-9,16-17H,1-6H2. The molecule has 0 aliphatic carbocycles. The lowest BCUT2D eigenvalue weighted by Gasteiger charge is -2.26. The summed E-state index contributed by atoms with van der Waals surface area (Å²) in [6, 6.07) is 3.72. The van der Waals surface area contributed by atoms with Crippen LogP contribution in [0.3, 0.4) is 0 Å². The third-order valence-electron chi connectivity index (χ3n) is 2.97. The maximum Gasteiger partial charge on any atom is 0.488 e. The summed E-state index contributed by atoms with van der Waals surface area (Å²) in [7, 11) is -1.70. The number of ether oxygens (including phenoxy) is 2. The van der Waals surface area contributed by atoms with E-state index in [1.165, 1.54) is 12.1 Å². The minimum Gasteiger partial charge on any atom is -0.492 e. The molecule has 104 valence electrons. The minimum atomic E-state index is -1.70. The van der Waals surface area contributed by atoms with E-state index in [1.54, 1.807) is 0 Å². The van der Waals surface area contributed by atoms with Gasteiger partial charge in [-0.15, -0.1) is 0 Å². The van der Waals surface area contributed by atoms with Crippen molar-refractivity contribution >= 4 is 12.6 Å². The molecule has 0 bridgehead atoms. The number of hydrogen-bond donors (Lipinski definition) is 2. The molecule has 0 saturated carbocycles. The van der Waals surface area contributed by atoms with E-state index in [9.17, 15) is 4.39 Å². The highest BCUT2D eigenvalue weighted by Crippen LogP contribution is 2.11. The number of rotatable bonds is 5. The summed E-state index contributed by atoms with van der Waals surface area (Å²) in [5.41, 5.74) is 0.0846. The highest BCUT2D eigenvalue weighted by Gasteiger charge is 2.14. The Hall–Kier alpha value is -1.15. The van der Waals surface area contributed by atoms with Crippen LogP contribution in [0, 0.1) is 5.82 Å². The first-order valence-corrected chi connectivity index (χ1v) is 6.24. The monoisotopic (exact) mass is 269 g/mol. The van der Waals surface area contributed by atoms with Gasteiger partial charge in [-0.25, -0.2) is 4.39 Å². The quantitative estimate of drug-likeness (QED) is 0.686. The molecule has 1 aromatic carbocycles. The molecule has 1 aromatic rings. The second-order valence-corrected chi connectivity index (χ2v) is 4.40. The molecule has 1 fully saturated rings. The number of benzene rings is 1. The first kappa shape index (κ1) is 14.3. The van der Waals surface area contributed by atoms with Crippen LogP contribution < -0.4 is 10.2 Å². The molecule has 2 N–H and O–H groups in total. The molecule has 1 aliphatic rings. The van der Waals surface area contributed by atoms with Gasteiger partial charge in [-0.3, -0.25) is 4.90 Å². The van der Waals surface area contributed by atoms with Crippen LogP contribution in [0.2, 0.25) is 0 Å². The van der Waals surface area contributed by atoms with E-state index in [0.717, 1.165) is 38.9 Å². The van der Waals surface area contributed by atoms with E-state index in [1.807, 2.05) is 0 Å². The van der Waals surface area contributed by atoms with Crippen molar-refractivity contribution < 1.29 is 23.9 Å². The Morgan fingerprint density at radius 1 is 1.26 bits per heavy atom. The van der Waals surface area contributed by atoms with E-state index in [-0.39, 0.29) is 5.46 Å². The third kappa shape index (κ3) is 4.47. The molecule has 1 heterocycles. The lowest BCUT2D eigenvalue weighted by Crippen LogP contribution is -2.38. The maximum atomic E-state index is 13.2. The fourth-order valence-electron chi connectivity index (χ4n) is 1.93. The van der Waals surface area contributed by atoms with Gasteiger partial charge in [0.15, 0.2) is 0 Å². The van der Waals surface area contributed by atoms with Gasteiger partial charge in [0.25, 0.3) is 0 Å². The summed E-state index contributed by atoms with van der Waals surface area (Å²) < 4.78 is 23.9. The predicted octanol–water partition coefficient (Wildman–Crippen LogP) is -0.783. The van der Waals surface area contributed by atoms with Gasteiger partial charge in [-0.2, -0.15) is 0 Å². The molecule has 0 spiro atoms. The summed E-state index contributed by atoms with van der Waals surface area (Å²) in [4.78, 5) is 2.20. The second kappa shape index (κ2) is 6.86. The third-order valence-corrected chi connectivity index (χ3v) is 2.97. The molecule has 0 radical (unpaired) electrons. The summed E-state index contributed by atoms with van der Waals surface area (Å²) >= 11 is 0. The van der Waals surface area contributed by atoms with E-state index < -0.39 is 12.9 Å². The average Bonchev–Trinajstić information content (AvgIpc) is 2.39. The zero-order valence-electron chi connectivity index (χ0n) is 10.6. The Morgan fingerprint density at radius 2 is 2.00 bits per heavy atom. The van der Waals surface area contributed by atoms with Crippen LogP contribution in [0.25, 0.3) is 0 Å². The zero-order chi connectivity index (χ0) is 13.7. The van der Waals surface area contributed by atoms with Gasteiger partial charge in [-0.05, 0) is 17.6 Å².